The molecule has 100 valence electrons. The number of pyridine rings is 1. The zero-order valence-corrected chi connectivity index (χ0v) is 12.0. The number of rotatable bonds is 1. The fourth-order valence-electron chi connectivity index (χ4n) is 2.99. The number of aliphatic hydroxyl groups is 1. The van der Waals surface area contributed by atoms with E-state index in [2.05, 4.69) is 25.8 Å². The van der Waals surface area contributed by atoms with Gasteiger partial charge in [0.25, 0.3) is 0 Å². The molecule has 0 saturated heterocycles. The summed E-state index contributed by atoms with van der Waals surface area (Å²) < 4.78 is 0. The van der Waals surface area contributed by atoms with E-state index in [0.29, 0.717) is 5.41 Å². The monoisotopic (exact) mass is 247 g/mol. The number of aromatic nitrogens is 1. The SMILES string of the molecule is Cc1ccc(C2(O)CCC(C(C)(C)C)CC2)cn1. The molecule has 1 aliphatic rings. The minimum absolute atomic E-state index is 0.354. The minimum Gasteiger partial charge on any atom is -0.385 e. The summed E-state index contributed by atoms with van der Waals surface area (Å²) in [5.41, 5.74) is 1.70. The fraction of sp³-hybridized carbons (Fsp3) is 0.688. The van der Waals surface area contributed by atoms with E-state index >= 15 is 0 Å². The van der Waals surface area contributed by atoms with Crippen molar-refractivity contribution in [2.45, 2.75) is 59.0 Å². The van der Waals surface area contributed by atoms with Gasteiger partial charge in [0.05, 0.1) is 5.60 Å². The van der Waals surface area contributed by atoms with Crippen molar-refractivity contribution in [1.82, 2.24) is 4.98 Å². The Morgan fingerprint density at radius 1 is 1.22 bits per heavy atom. The second kappa shape index (κ2) is 4.65. The van der Waals surface area contributed by atoms with Gasteiger partial charge in [-0.1, -0.05) is 26.8 Å². The lowest BCUT2D eigenvalue weighted by molar-refractivity contribution is -0.0300. The molecule has 2 rings (SSSR count). The summed E-state index contributed by atoms with van der Waals surface area (Å²) in [6, 6.07) is 4.02. The third-order valence-corrected chi connectivity index (χ3v) is 4.49. The van der Waals surface area contributed by atoms with Gasteiger partial charge in [0, 0.05) is 17.5 Å². The van der Waals surface area contributed by atoms with E-state index < -0.39 is 5.60 Å². The van der Waals surface area contributed by atoms with E-state index in [1.165, 1.54) is 0 Å². The molecule has 1 heterocycles. The molecular weight excluding hydrogens is 222 g/mol. The number of hydrogen-bond acceptors (Lipinski definition) is 2. The second-order valence-corrected chi connectivity index (χ2v) is 6.86. The molecule has 0 amide bonds. The van der Waals surface area contributed by atoms with Gasteiger partial charge in [-0.3, -0.25) is 4.98 Å². The Balaban J connectivity index is 2.10. The van der Waals surface area contributed by atoms with Gasteiger partial charge in [0.1, 0.15) is 0 Å². The summed E-state index contributed by atoms with van der Waals surface area (Å²) in [6.07, 6.45) is 5.77. The molecule has 0 bridgehead atoms. The first-order chi connectivity index (χ1) is 8.31. The summed E-state index contributed by atoms with van der Waals surface area (Å²) in [7, 11) is 0. The fourth-order valence-corrected chi connectivity index (χ4v) is 2.99. The predicted molar refractivity (Wildman–Crippen MR) is 74.3 cm³/mol. The predicted octanol–water partition coefficient (Wildman–Crippen LogP) is 3.81. The molecule has 0 unspecified atom stereocenters. The van der Waals surface area contributed by atoms with Crippen LogP contribution in [0.5, 0.6) is 0 Å². The van der Waals surface area contributed by atoms with E-state index in [-0.39, 0.29) is 0 Å². The van der Waals surface area contributed by atoms with E-state index in [4.69, 9.17) is 0 Å². The van der Waals surface area contributed by atoms with E-state index in [0.717, 1.165) is 42.9 Å². The molecule has 1 aromatic rings. The van der Waals surface area contributed by atoms with Crippen molar-refractivity contribution in [3.8, 4) is 0 Å². The van der Waals surface area contributed by atoms with Crippen LogP contribution in [0, 0.1) is 18.3 Å². The molecule has 1 saturated carbocycles. The molecule has 0 aliphatic heterocycles. The Hall–Kier alpha value is -0.890. The van der Waals surface area contributed by atoms with Crippen LogP contribution in [0.15, 0.2) is 18.3 Å². The van der Waals surface area contributed by atoms with Gasteiger partial charge in [-0.25, -0.2) is 0 Å². The van der Waals surface area contributed by atoms with E-state index in [1.807, 2.05) is 25.3 Å². The van der Waals surface area contributed by atoms with Gasteiger partial charge in [0.15, 0.2) is 0 Å². The van der Waals surface area contributed by atoms with Crippen LogP contribution in [0.1, 0.15) is 57.7 Å². The Morgan fingerprint density at radius 3 is 2.28 bits per heavy atom. The highest BCUT2D eigenvalue weighted by molar-refractivity contribution is 5.21. The normalized spacial score (nSPS) is 29.3. The highest BCUT2D eigenvalue weighted by Crippen LogP contribution is 2.45. The third-order valence-electron chi connectivity index (χ3n) is 4.49. The highest BCUT2D eigenvalue weighted by Gasteiger charge is 2.38. The van der Waals surface area contributed by atoms with Crippen molar-refractivity contribution >= 4 is 0 Å². The van der Waals surface area contributed by atoms with Crippen LogP contribution in [-0.4, -0.2) is 10.1 Å². The van der Waals surface area contributed by atoms with Crippen molar-refractivity contribution in [2.24, 2.45) is 11.3 Å². The van der Waals surface area contributed by atoms with Crippen LogP contribution in [0.25, 0.3) is 0 Å². The summed E-state index contributed by atoms with van der Waals surface area (Å²) in [6.45, 7) is 8.88. The maximum Gasteiger partial charge on any atom is 0.0911 e. The molecule has 0 aromatic carbocycles. The standard InChI is InChI=1S/C16H25NO/c1-12-5-6-14(11-17-12)16(18)9-7-13(8-10-16)15(2,3)4/h5-6,11,13,18H,7-10H2,1-4H3. The van der Waals surface area contributed by atoms with Gasteiger partial charge in [-0.2, -0.15) is 0 Å². The summed E-state index contributed by atoms with van der Waals surface area (Å²) in [4.78, 5) is 4.31. The lowest BCUT2D eigenvalue weighted by atomic mass is 9.67. The molecule has 0 spiro atoms. The second-order valence-electron chi connectivity index (χ2n) is 6.86. The van der Waals surface area contributed by atoms with Gasteiger partial charge in [0.2, 0.25) is 0 Å². The maximum atomic E-state index is 10.8. The molecule has 1 fully saturated rings. The Morgan fingerprint density at radius 2 is 1.83 bits per heavy atom. The van der Waals surface area contributed by atoms with Crippen LogP contribution < -0.4 is 0 Å². The van der Waals surface area contributed by atoms with Crippen molar-refractivity contribution in [1.29, 1.82) is 0 Å². The first kappa shape index (κ1) is 13.5. The lowest BCUT2D eigenvalue weighted by Gasteiger charge is -2.41. The average molecular weight is 247 g/mol. The molecule has 0 radical (unpaired) electrons. The van der Waals surface area contributed by atoms with Crippen molar-refractivity contribution < 1.29 is 5.11 Å². The number of hydrogen-bond donors (Lipinski definition) is 1. The Labute approximate surface area is 110 Å². The molecule has 18 heavy (non-hydrogen) atoms. The number of nitrogens with zero attached hydrogens (tertiary/aromatic N) is 1. The topological polar surface area (TPSA) is 33.1 Å². The zero-order chi connectivity index (χ0) is 13.4. The molecule has 0 atom stereocenters. The lowest BCUT2D eigenvalue weighted by Crippen LogP contribution is -2.35. The largest absolute Gasteiger partial charge is 0.385 e. The van der Waals surface area contributed by atoms with E-state index in [9.17, 15) is 5.11 Å². The smallest absolute Gasteiger partial charge is 0.0911 e. The summed E-state index contributed by atoms with van der Waals surface area (Å²) in [5.74, 6) is 0.719. The molecule has 1 aliphatic carbocycles. The first-order valence-corrected chi connectivity index (χ1v) is 6.97. The van der Waals surface area contributed by atoms with Crippen molar-refractivity contribution in [2.75, 3.05) is 0 Å². The Kier molecular flexibility index (Phi) is 3.50. The van der Waals surface area contributed by atoms with Gasteiger partial charge in [-0.05, 0) is 50.0 Å². The van der Waals surface area contributed by atoms with Crippen molar-refractivity contribution in [3.63, 3.8) is 0 Å². The van der Waals surface area contributed by atoms with Crippen LogP contribution in [0.3, 0.4) is 0 Å². The highest BCUT2D eigenvalue weighted by atomic mass is 16.3. The number of aryl methyl sites for hydroxylation is 1. The molecular formula is C16H25NO. The average Bonchev–Trinajstić information content (AvgIpc) is 2.29. The van der Waals surface area contributed by atoms with Crippen LogP contribution in [0.2, 0.25) is 0 Å². The van der Waals surface area contributed by atoms with Gasteiger partial charge < -0.3 is 5.11 Å². The molecule has 2 nitrogen and oxygen atoms in total. The van der Waals surface area contributed by atoms with Gasteiger partial charge >= 0.3 is 0 Å². The van der Waals surface area contributed by atoms with Crippen LogP contribution in [0.4, 0.5) is 0 Å². The summed E-state index contributed by atoms with van der Waals surface area (Å²) in [5, 5.41) is 10.8. The quantitative estimate of drug-likeness (QED) is 0.818. The molecule has 1 aromatic heterocycles. The third kappa shape index (κ3) is 2.74. The minimum atomic E-state index is -0.650. The Bertz CT molecular complexity index is 394. The molecule has 1 N–H and O–H groups in total. The van der Waals surface area contributed by atoms with Gasteiger partial charge in [-0.15, -0.1) is 0 Å². The maximum absolute atomic E-state index is 10.8. The van der Waals surface area contributed by atoms with Crippen LogP contribution in [-0.2, 0) is 5.60 Å². The molecule has 2 heteroatoms. The first-order valence-electron chi connectivity index (χ1n) is 6.97. The van der Waals surface area contributed by atoms with E-state index in [1.54, 1.807) is 0 Å². The zero-order valence-electron chi connectivity index (χ0n) is 12.0. The van der Waals surface area contributed by atoms with Crippen LogP contribution >= 0.6 is 0 Å². The van der Waals surface area contributed by atoms with Crippen molar-refractivity contribution in [3.05, 3.63) is 29.6 Å². The summed E-state index contributed by atoms with van der Waals surface area (Å²) >= 11 is 0.